The van der Waals surface area contributed by atoms with Gasteiger partial charge in [-0.2, -0.15) is 0 Å². The highest BCUT2D eigenvalue weighted by Gasteiger charge is 2.11. The van der Waals surface area contributed by atoms with E-state index in [9.17, 15) is 12.8 Å². The van der Waals surface area contributed by atoms with Gasteiger partial charge in [-0.3, -0.25) is 0 Å². The van der Waals surface area contributed by atoms with Gasteiger partial charge in [0.1, 0.15) is 5.82 Å². The third-order valence-corrected chi connectivity index (χ3v) is 2.51. The summed E-state index contributed by atoms with van der Waals surface area (Å²) in [7, 11) is -3.80. The zero-order valence-corrected chi connectivity index (χ0v) is 8.36. The van der Waals surface area contributed by atoms with Crippen LogP contribution in [0.2, 0.25) is 0 Å². The van der Waals surface area contributed by atoms with Gasteiger partial charge in [0.25, 0.3) is 0 Å². The summed E-state index contributed by atoms with van der Waals surface area (Å²) < 4.78 is 34.2. The fourth-order valence-corrected chi connectivity index (χ4v) is 1.67. The van der Waals surface area contributed by atoms with Crippen molar-refractivity contribution < 1.29 is 25.2 Å². The normalized spacial score (nSPS) is 10.7. The Hall–Kier alpha value is -0.650. The summed E-state index contributed by atoms with van der Waals surface area (Å²) in [6.45, 7) is 1.55. The van der Waals surface area contributed by atoms with E-state index in [2.05, 4.69) is 0 Å². The number of primary sulfonamides is 1. The van der Waals surface area contributed by atoms with Gasteiger partial charge in [0.05, 0.1) is 4.90 Å². The molecular weight excluding hydrogens is 217 g/mol. The van der Waals surface area contributed by atoms with Crippen LogP contribution in [0.15, 0.2) is 23.1 Å². The van der Waals surface area contributed by atoms with Gasteiger partial charge < -0.3 is 12.4 Å². The zero-order valence-electron chi connectivity index (χ0n) is 6.79. The molecule has 1 rings (SSSR count). The second-order valence-electron chi connectivity index (χ2n) is 2.45. The SMILES string of the molecule is Cc1ccc(F)cc1S(N)(=O)=O.[Cl-]. The number of halogens is 2. The molecule has 74 valence electrons. The third-order valence-electron chi connectivity index (χ3n) is 1.46. The van der Waals surface area contributed by atoms with E-state index < -0.39 is 15.8 Å². The van der Waals surface area contributed by atoms with Crippen LogP contribution < -0.4 is 17.5 Å². The number of nitrogens with two attached hydrogens (primary N) is 1. The third kappa shape index (κ3) is 2.95. The Morgan fingerprint density at radius 2 is 1.92 bits per heavy atom. The van der Waals surface area contributed by atoms with Crippen LogP contribution in [0.5, 0.6) is 0 Å². The lowest BCUT2D eigenvalue weighted by Gasteiger charge is -2.01. The van der Waals surface area contributed by atoms with E-state index in [-0.39, 0.29) is 17.3 Å². The van der Waals surface area contributed by atoms with Crippen LogP contribution in [-0.4, -0.2) is 8.42 Å². The molecule has 1 aromatic carbocycles. The van der Waals surface area contributed by atoms with Crippen molar-refractivity contribution in [2.45, 2.75) is 11.8 Å². The molecule has 3 nitrogen and oxygen atoms in total. The van der Waals surface area contributed by atoms with Crippen LogP contribution in [0.1, 0.15) is 5.56 Å². The maximum absolute atomic E-state index is 12.6. The molecule has 0 unspecified atom stereocenters. The van der Waals surface area contributed by atoms with Gasteiger partial charge in [0.15, 0.2) is 0 Å². The molecule has 0 atom stereocenters. The Kier molecular flexibility index (Phi) is 3.84. The molecule has 0 aliphatic rings. The molecule has 1 aromatic rings. The Morgan fingerprint density at radius 1 is 1.38 bits per heavy atom. The predicted molar refractivity (Wildman–Crippen MR) is 42.5 cm³/mol. The van der Waals surface area contributed by atoms with E-state index in [1.54, 1.807) is 6.92 Å². The van der Waals surface area contributed by atoms with Crippen molar-refractivity contribution in [3.63, 3.8) is 0 Å². The number of benzene rings is 1. The quantitative estimate of drug-likeness (QED) is 0.588. The standard InChI is InChI=1S/C7H8FNO2S.ClH/c1-5-2-3-6(8)4-7(5)12(9,10)11;/h2-4H,1H3,(H2,9,10,11);1H/p-1. The summed E-state index contributed by atoms with van der Waals surface area (Å²) in [5.74, 6) is -0.607. The highest BCUT2D eigenvalue weighted by atomic mass is 35.5. The first-order chi connectivity index (χ1) is 5.41. The molecular formula is C7H8ClFNO2S-. The molecule has 0 radical (unpaired) electrons. The topological polar surface area (TPSA) is 60.2 Å². The van der Waals surface area contributed by atoms with Crippen LogP contribution in [0.3, 0.4) is 0 Å². The number of hydrogen-bond acceptors (Lipinski definition) is 2. The van der Waals surface area contributed by atoms with Crippen LogP contribution in [-0.2, 0) is 10.0 Å². The minimum Gasteiger partial charge on any atom is -1.00 e. The first-order valence-electron chi connectivity index (χ1n) is 3.20. The smallest absolute Gasteiger partial charge is 0.238 e. The van der Waals surface area contributed by atoms with Crippen LogP contribution in [0.25, 0.3) is 0 Å². The lowest BCUT2D eigenvalue weighted by molar-refractivity contribution is -0.00000581. The highest BCUT2D eigenvalue weighted by Crippen LogP contribution is 2.13. The Bertz CT molecular complexity index is 405. The van der Waals surface area contributed by atoms with Gasteiger partial charge in [-0.05, 0) is 24.6 Å². The van der Waals surface area contributed by atoms with Crippen molar-refractivity contribution in [2.75, 3.05) is 0 Å². The summed E-state index contributed by atoms with van der Waals surface area (Å²) in [4.78, 5) is -0.164. The summed E-state index contributed by atoms with van der Waals surface area (Å²) in [5.41, 5.74) is 0.443. The molecule has 0 bridgehead atoms. The molecule has 0 amide bonds. The molecule has 0 aromatic heterocycles. The van der Waals surface area contributed by atoms with Gasteiger partial charge in [0, 0.05) is 0 Å². The van der Waals surface area contributed by atoms with Crippen LogP contribution in [0.4, 0.5) is 4.39 Å². The van der Waals surface area contributed by atoms with Crippen molar-refractivity contribution in [1.29, 1.82) is 0 Å². The molecule has 13 heavy (non-hydrogen) atoms. The van der Waals surface area contributed by atoms with Gasteiger partial charge in [0.2, 0.25) is 10.0 Å². The van der Waals surface area contributed by atoms with Crippen molar-refractivity contribution in [3.05, 3.63) is 29.6 Å². The molecule has 2 N–H and O–H groups in total. The average Bonchev–Trinajstić information content (AvgIpc) is 1.92. The number of rotatable bonds is 1. The van der Waals surface area contributed by atoms with Gasteiger partial charge in [-0.15, -0.1) is 0 Å². The maximum Gasteiger partial charge on any atom is 0.238 e. The van der Waals surface area contributed by atoms with Crippen LogP contribution >= 0.6 is 0 Å². The van der Waals surface area contributed by atoms with Crippen molar-refractivity contribution in [2.24, 2.45) is 5.14 Å². The molecule has 0 fully saturated rings. The lowest BCUT2D eigenvalue weighted by Crippen LogP contribution is -3.00. The molecule has 0 saturated heterocycles. The molecule has 6 heteroatoms. The van der Waals surface area contributed by atoms with E-state index in [0.29, 0.717) is 5.56 Å². The van der Waals surface area contributed by atoms with Gasteiger partial charge in [-0.25, -0.2) is 17.9 Å². The summed E-state index contributed by atoms with van der Waals surface area (Å²) in [6, 6.07) is 3.46. The fourth-order valence-electron chi connectivity index (χ4n) is 0.880. The Morgan fingerprint density at radius 3 is 2.31 bits per heavy atom. The van der Waals surface area contributed by atoms with E-state index in [1.165, 1.54) is 12.1 Å². The van der Waals surface area contributed by atoms with E-state index in [4.69, 9.17) is 5.14 Å². The van der Waals surface area contributed by atoms with E-state index in [1.807, 2.05) is 0 Å². The minimum atomic E-state index is -3.80. The number of aryl methyl sites for hydroxylation is 1. The monoisotopic (exact) mass is 224 g/mol. The second-order valence-corrected chi connectivity index (χ2v) is 3.98. The average molecular weight is 225 g/mol. The van der Waals surface area contributed by atoms with Crippen molar-refractivity contribution in [1.82, 2.24) is 0 Å². The summed E-state index contributed by atoms with van der Waals surface area (Å²) in [5, 5.41) is 4.83. The van der Waals surface area contributed by atoms with Crippen molar-refractivity contribution >= 4 is 10.0 Å². The number of sulfonamides is 1. The fraction of sp³-hybridized carbons (Fsp3) is 0.143. The first kappa shape index (κ1) is 12.3. The first-order valence-corrected chi connectivity index (χ1v) is 4.75. The molecule has 0 saturated carbocycles. The summed E-state index contributed by atoms with van der Waals surface area (Å²) in [6.07, 6.45) is 0. The second kappa shape index (κ2) is 4.04. The minimum absolute atomic E-state index is 0. The number of hydrogen-bond donors (Lipinski definition) is 1. The molecule has 0 aliphatic heterocycles. The zero-order chi connectivity index (χ0) is 9.35. The lowest BCUT2D eigenvalue weighted by atomic mass is 10.2. The van der Waals surface area contributed by atoms with Crippen LogP contribution in [0, 0.1) is 12.7 Å². The Labute approximate surface area is 82.2 Å². The van der Waals surface area contributed by atoms with Gasteiger partial charge in [-0.1, -0.05) is 6.07 Å². The van der Waals surface area contributed by atoms with E-state index in [0.717, 1.165) is 6.07 Å². The Balaban J connectivity index is 0.00000144. The van der Waals surface area contributed by atoms with E-state index >= 15 is 0 Å². The predicted octanol–water partition coefficient (Wildman–Crippen LogP) is -2.21. The maximum atomic E-state index is 12.6. The van der Waals surface area contributed by atoms with Gasteiger partial charge >= 0.3 is 0 Å². The molecule has 0 heterocycles. The molecule has 0 aliphatic carbocycles. The highest BCUT2D eigenvalue weighted by molar-refractivity contribution is 7.89. The largest absolute Gasteiger partial charge is 1.00 e. The summed E-state index contributed by atoms with van der Waals surface area (Å²) >= 11 is 0. The van der Waals surface area contributed by atoms with Crippen molar-refractivity contribution in [3.8, 4) is 0 Å². The molecule has 0 spiro atoms.